The number of amides is 1. The van der Waals surface area contributed by atoms with E-state index in [9.17, 15) is 19.3 Å². The van der Waals surface area contributed by atoms with Crippen molar-refractivity contribution in [2.75, 3.05) is 0 Å². The molecule has 0 aliphatic rings. The number of carbonyl (C=O) groups is 1. The van der Waals surface area contributed by atoms with Crippen molar-refractivity contribution in [3.05, 3.63) is 52.0 Å². The van der Waals surface area contributed by atoms with Crippen molar-refractivity contribution in [3.63, 3.8) is 0 Å². The molecule has 2 aromatic rings. The number of furan rings is 1. The van der Waals surface area contributed by atoms with Gasteiger partial charge in [0.15, 0.2) is 0 Å². The summed E-state index contributed by atoms with van der Waals surface area (Å²) in [6.45, 7) is 0. The van der Waals surface area contributed by atoms with Crippen molar-refractivity contribution >= 4 is 11.8 Å². The van der Waals surface area contributed by atoms with Crippen molar-refractivity contribution in [3.8, 4) is 11.1 Å². The van der Waals surface area contributed by atoms with E-state index in [1.54, 1.807) is 0 Å². The predicted molar refractivity (Wildman–Crippen MR) is 59.3 cm³/mol. The van der Waals surface area contributed by atoms with Gasteiger partial charge in [0.25, 0.3) is 5.91 Å². The van der Waals surface area contributed by atoms with Crippen LogP contribution in [0.25, 0.3) is 11.1 Å². The number of nitrogens with two attached hydrogens (primary N) is 1. The molecule has 0 aliphatic carbocycles. The summed E-state index contributed by atoms with van der Waals surface area (Å²) in [5.41, 5.74) is 5.42. The summed E-state index contributed by atoms with van der Waals surface area (Å²) in [4.78, 5) is 20.9. The monoisotopic (exact) mass is 250 g/mol. The second kappa shape index (κ2) is 4.28. The Hall–Kier alpha value is -2.70. The number of carbonyl (C=O) groups excluding carboxylic acids is 1. The molecule has 1 aromatic heterocycles. The van der Waals surface area contributed by atoms with E-state index in [0.717, 1.165) is 12.1 Å². The molecule has 7 heteroatoms. The number of halogens is 1. The van der Waals surface area contributed by atoms with Crippen LogP contribution in [0.5, 0.6) is 0 Å². The van der Waals surface area contributed by atoms with Crippen LogP contribution in [0.2, 0.25) is 0 Å². The highest BCUT2D eigenvalue weighted by atomic mass is 19.1. The molecule has 92 valence electrons. The molecule has 6 nitrogen and oxygen atoms in total. The minimum Gasteiger partial charge on any atom is -0.395 e. The molecule has 1 heterocycles. The highest BCUT2D eigenvalue weighted by Crippen LogP contribution is 2.31. The lowest BCUT2D eigenvalue weighted by Gasteiger charge is -1.98. The topological polar surface area (TPSA) is 99.4 Å². The van der Waals surface area contributed by atoms with Crippen LogP contribution < -0.4 is 5.73 Å². The first-order valence-electron chi connectivity index (χ1n) is 4.83. The molecule has 0 radical (unpaired) electrons. The molecule has 0 bridgehead atoms. The molecule has 0 saturated carbocycles. The zero-order chi connectivity index (χ0) is 13.3. The van der Waals surface area contributed by atoms with Crippen LogP contribution in [-0.2, 0) is 0 Å². The molecule has 0 atom stereocenters. The SMILES string of the molecule is NC(=O)c1oc([N+](=O)[O-])cc1-c1cccc(F)c1. The number of hydrogen-bond acceptors (Lipinski definition) is 4. The van der Waals surface area contributed by atoms with Crippen molar-refractivity contribution < 1.29 is 18.5 Å². The largest absolute Gasteiger partial charge is 0.434 e. The Morgan fingerprint density at radius 1 is 1.39 bits per heavy atom. The molecule has 0 saturated heterocycles. The zero-order valence-electron chi connectivity index (χ0n) is 8.92. The lowest BCUT2D eigenvalue weighted by atomic mass is 10.1. The summed E-state index contributed by atoms with van der Waals surface area (Å²) >= 11 is 0. The smallest absolute Gasteiger partial charge is 0.395 e. The summed E-state index contributed by atoms with van der Waals surface area (Å²) < 4.78 is 17.8. The Bertz CT molecular complexity index is 636. The molecule has 0 unspecified atom stereocenters. The lowest BCUT2D eigenvalue weighted by Crippen LogP contribution is -2.10. The van der Waals surface area contributed by atoms with Crippen LogP contribution in [-0.4, -0.2) is 10.8 Å². The third-order valence-electron chi connectivity index (χ3n) is 2.26. The van der Waals surface area contributed by atoms with Crippen LogP contribution in [0.15, 0.2) is 34.7 Å². The number of primary amides is 1. The van der Waals surface area contributed by atoms with Crippen LogP contribution in [0.3, 0.4) is 0 Å². The van der Waals surface area contributed by atoms with Gasteiger partial charge in [-0.3, -0.25) is 14.9 Å². The van der Waals surface area contributed by atoms with E-state index in [-0.39, 0.29) is 16.9 Å². The fraction of sp³-hybridized carbons (Fsp3) is 0. The fourth-order valence-corrected chi connectivity index (χ4v) is 1.52. The van der Waals surface area contributed by atoms with Crippen LogP contribution >= 0.6 is 0 Å². The van der Waals surface area contributed by atoms with Gasteiger partial charge in [-0.05, 0) is 17.7 Å². The van der Waals surface area contributed by atoms with E-state index in [2.05, 4.69) is 0 Å². The predicted octanol–water partition coefficient (Wildman–Crippen LogP) is 2.09. The van der Waals surface area contributed by atoms with Gasteiger partial charge in [0, 0.05) is 5.56 Å². The number of nitrogens with zero attached hydrogens (tertiary/aromatic N) is 1. The van der Waals surface area contributed by atoms with E-state index < -0.39 is 22.5 Å². The van der Waals surface area contributed by atoms with Crippen molar-refractivity contribution in [1.29, 1.82) is 0 Å². The normalized spacial score (nSPS) is 10.3. The second-order valence-corrected chi connectivity index (χ2v) is 3.46. The summed E-state index contributed by atoms with van der Waals surface area (Å²) in [6, 6.07) is 6.27. The van der Waals surface area contributed by atoms with Crippen LogP contribution in [0.4, 0.5) is 10.3 Å². The molecule has 2 N–H and O–H groups in total. The Morgan fingerprint density at radius 3 is 2.67 bits per heavy atom. The van der Waals surface area contributed by atoms with Gasteiger partial charge in [-0.25, -0.2) is 4.39 Å². The van der Waals surface area contributed by atoms with E-state index in [4.69, 9.17) is 10.2 Å². The molecule has 2 rings (SSSR count). The van der Waals surface area contributed by atoms with Gasteiger partial charge < -0.3 is 10.2 Å². The van der Waals surface area contributed by atoms with Gasteiger partial charge in [-0.1, -0.05) is 12.1 Å². The van der Waals surface area contributed by atoms with Crippen LogP contribution in [0, 0.1) is 15.9 Å². The summed E-state index contributed by atoms with van der Waals surface area (Å²) in [7, 11) is 0. The van der Waals surface area contributed by atoms with Gasteiger partial charge in [-0.2, -0.15) is 0 Å². The molecular weight excluding hydrogens is 243 g/mol. The number of nitro groups is 1. The zero-order valence-corrected chi connectivity index (χ0v) is 8.92. The average molecular weight is 250 g/mol. The Balaban J connectivity index is 2.62. The maximum absolute atomic E-state index is 13.1. The fourth-order valence-electron chi connectivity index (χ4n) is 1.52. The maximum atomic E-state index is 13.1. The number of benzene rings is 1. The lowest BCUT2D eigenvalue weighted by molar-refractivity contribution is -0.402. The number of rotatable bonds is 3. The van der Waals surface area contributed by atoms with Gasteiger partial charge >= 0.3 is 5.88 Å². The third-order valence-corrected chi connectivity index (χ3v) is 2.26. The molecule has 0 aliphatic heterocycles. The summed E-state index contributed by atoms with van der Waals surface area (Å²) in [6.07, 6.45) is 0. The molecule has 1 aromatic carbocycles. The second-order valence-electron chi connectivity index (χ2n) is 3.46. The first kappa shape index (κ1) is 11.8. The van der Waals surface area contributed by atoms with Crippen molar-refractivity contribution in [2.24, 2.45) is 5.73 Å². The van der Waals surface area contributed by atoms with Crippen molar-refractivity contribution in [2.45, 2.75) is 0 Å². The summed E-state index contributed by atoms with van der Waals surface area (Å²) in [5, 5.41) is 10.6. The average Bonchev–Trinajstić information content (AvgIpc) is 2.73. The first-order chi connectivity index (χ1) is 8.49. The van der Waals surface area contributed by atoms with E-state index in [1.165, 1.54) is 18.2 Å². The molecule has 1 amide bonds. The van der Waals surface area contributed by atoms with Gasteiger partial charge in [-0.15, -0.1) is 0 Å². The van der Waals surface area contributed by atoms with E-state index in [1.807, 2.05) is 0 Å². The quantitative estimate of drug-likeness (QED) is 0.665. The van der Waals surface area contributed by atoms with Crippen LogP contribution in [0.1, 0.15) is 10.6 Å². The minimum absolute atomic E-state index is 0.0914. The summed E-state index contributed by atoms with van der Waals surface area (Å²) in [5.74, 6) is -2.48. The molecule has 18 heavy (non-hydrogen) atoms. The van der Waals surface area contributed by atoms with E-state index >= 15 is 0 Å². The Kier molecular flexibility index (Phi) is 2.80. The molecule has 0 spiro atoms. The first-order valence-corrected chi connectivity index (χ1v) is 4.83. The molecular formula is C11H7FN2O4. The standard InChI is InChI=1S/C11H7FN2O4/c12-7-3-1-2-6(4-7)8-5-9(14(16)17)18-10(8)11(13)15/h1-5H,(H2,13,15). The van der Waals surface area contributed by atoms with Gasteiger partial charge in [0.2, 0.25) is 5.76 Å². The van der Waals surface area contributed by atoms with Crippen molar-refractivity contribution in [1.82, 2.24) is 0 Å². The maximum Gasteiger partial charge on any atom is 0.434 e. The Morgan fingerprint density at radius 2 is 2.11 bits per heavy atom. The van der Waals surface area contributed by atoms with Gasteiger partial charge in [0.1, 0.15) is 10.7 Å². The van der Waals surface area contributed by atoms with Gasteiger partial charge in [0.05, 0.1) is 6.07 Å². The van der Waals surface area contributed by atoms with E-state index in [0.29, 0.717) is 0 Å². The Labute approximate surface area is 100.0 Å². The number of hydrogen-bond donors (Lipinski definition) is 1. The third kappa shape index (κ3) is 2.05. The highest BCUT2D eigenvalue weighted by Gasteiger charge is 2.23. The highest BCUT2D eigenvalue weighted by molar-refractivity contribution is 5.97. The minimum atomic E-state index is -0.956. The molecule has 0 fully saturated rings.